The molecule has 4 heterocycles. The van der Waals surface area contributed by atoms with Crippen molar-refractivity contribution in [1.29, 1.82) is 0 Å². The van der Waals surface area contributed by atoms with Gasteiger partial charge in [-0.25, -0.2) is 4.98 Å². The molecule has 2 aromatic carbocycles. The maximum absolute atomic E-state index is 13.9. The number of ether oxygens (including phenoxy) is 1. The maximum atomic E-state index is 13.9. The number of aromatic nitrogens is 7. The van der Waals surface area contributed by atoms with Crippen LogP contribution < -0.4 is 9.64 Å². The number of amides is 1. The van der Waals surface area contributed by atoms with Crippen LogP contribution in [0.2, 0.25) is 0 Å². The van der Waals surface area contributed by atoms with Crippen LogP contribution in [0.3, 0.4) is 0 Å². The average Bonchev–Trinajstić information content (AvgIpc) is 3.58. The average molecular weight is 589 g/mol. The molecule has 5 aromatic rings. The molecule has 0 spiro atoms. The largest absolute Gasteiger partial charge is 0.503 e. The van der Waals surface area contributed by atoms with E-state index in [0.29, 0.717) is 23.4 Å². The van der Waals surface area contributed by atoms with Gasteiger partial charge < -0.3 is 9.84 Å². The molecule has 1 unspecified atom stereocenters. The number of carbonyl (C=O) groups excluding carboxylic acids is 2. The van der Waals surface area contributed by atoms with E-state index in [0.717, 1.165) is 11.1 Å². The lowest BCUT2D eigenvalue weighted by Crippen LogP contribution is -2.32. The van der Waals surface area contributed by atoms with Gasteiger partial charge in [0.05, 0.1) is 23.9 Å². The first kappa shape index (κ1) is 28.3. The van der Waals surface area contributed by atoms with Crippen LogP contribution in [-0.4, -0.2) is 52.2 Å². The predicted molar refractivity (Wildman–Crippen MR) is 159 cm³/mol. The van der Waals surface area contributed by atoms with Crippen molar-refractivity contribution in [1.82, 2.24) is 35.4 Å². The van der Waals surface area contributed by atoms with Crippen molar-refractivity contribution in [3.8, 4) is 11.9 Å². The van der Waals surface area contributed by atoms with Gasteiger partial charge in [-0.1, -0.05) is 73.5 Å². The highest BCUT2D eigenvalue weighted by molar-refractivity contribution is 6.20. The minimum Gasteiger partial charge on any atom is -0.503 e. The molecule has 0 aliphatic carbocycles. The van der Waals surface area contributed by atoms with Gasteiger partial charge >= 0.3 is 6.01 Å². The molecular weight excluding hydrogens is 560 g/mol. The van der Waals surface area contributed by atoms with Crippen LogP contribution in [0.4, 0.5) is 5.82 Å². The number of carbonyl (C=O) groups is 2. The lowest BCUT2D eigenvalue weighted by atomic mass is 9.92. The topological polar surface area (TPSA) is 149 Å². The van der Waals surface area contributed by atoms with Crippen molar-refractivity contribution < 1.29 is 19.4 Å². The molecule has 12 heteroatoms. The Morgan fingerprint density at radius 2 is 1.73 bits per heavy atom. The summed E-state index contributed by atoms with van der Waals surface area (Å²) in [4.78, 5) is 33.0. The molecule has 0 saturated heterocycles. The molecule has 44 heavy (non-hydrogen) atoms. The number of hydrogen-bond acceptors (Lipinski definition) is 10. The van der Waals surface area contributed by atoms with E-state index >= 15 is 0 Å². The van der Waals surface area contributed by atoms with E-state index in [-0.39, 0.29) is 29.2 Å². The lowest BCUT2D eigenvalue weighted by Gasteiger charge is -2.25. The van der Waals surface area contributed by atoms with Crippen molar-refractivity contribution in [2.24, 2.45) is 0 Å². The number of hydrogen-bond donors (Lipinski definition) is 1. The molecule has 0 radical (unpaired) electrons. The molecule has 1 aliphatic heterocycles. The second-order valence-electron chi connectivity index (χ2n) is 10.6. The zero-order chi connectivity index (χ0) is 30.8. The Bertz CT molecular complexity index is 1830. The third kappa shape index (κ3) is 5.52. The quantitative estimate of drug-likeness (QED) is 0.235. The third-order valence-electron chi connectivity index (χ3n) is 7.27. The van der Waals surface area contributed by atoms with E-state index in [1.165, 1.54) is 15.8 Å². The molecule has 6 rings (SSSR count). The summed E-state index contributed by atoms with van der Waals surface area (Å²) in [5.41, 5.74) is 3.39. The van der Waals surface area contributed by atoms with Gasteiger partial charge in [-0.2, -0.15) is 9.78 Å². The van der Waals surface area contributed by atoms with Crippen molar-refractivity contribution in [3.63, 3.8) is 0 Å². The molecule has 12 nitrogen and oxygen atoms in total. The Labute approximate surface area is 252 Å². The SMILES string of the molecule is Cc1ccc(N2C(=O)C(O)=C(C(=O)c3ccc(C(C)C)cc3)C2c2ccc(Oc3nnnn3Cc3ccccc3)nc2)nn1. The number of aliphatic hydroxyl groups excluding tert-OH is 1. The summed E-state index contributed by atoms with van der Waals surface area (Å²) in [6.07, 6.45) is 1.47. The van der Waals surface area contributed by atoms with Crippen LogP contribution in [0.15, 0.2) is 96.4 Å². The Balaban J connectivity index is 1.33. The van der Waals surface area contributed by atoms with Gasteiger partial charge in [-0.05, 0) is 58.2 Å². The summed E-state index contributed by atoms with van der Waals surface area (Å²) in [6, 6.07) is 22.5. The monoisotopic (exact) mass is 588 g/mol. The second-order valence-corrected chi connectivity index (χ2v) is 10.6. The van der Waals surface area contributed by atoms with Gasteiger partial charge in [-0.15, -0.1) is 5.10 Å². The summed E-state index contributed by atoms with van der Waals surface area (Å²) in [5.74, 6) is -1.27. The number of anilines is 1. The summed E-state index contributed by atoms with van der Waals surface area (Å²) < 4.78 is 7.37. The first-order valence-corrected chi connectivity index (χ1v) is 14.0. The molecular formula is C32H28N8O4. The van der Waals surface area contributed by atoms with E-state index in [1.54, 1.807) is 43.3 Å². The molecule has 3 aromatic heterocycles. The number of benzene rings is 2. The minimum absolute atomic E-state index is 0.0862. The fourth-order valence-corrected chi connectivity index (χ4v) is 4.92. The van der Waals surface area contributed by atoms with Gasteiger partial charge in [-0.3, -0.25) is 14.5 Å². The highest BCUT2D eigenvalue weighted by atomic mass is 16.5. The summed E-state index contributed by atoms with van der Waals surface area (Å²) in [6.45, 7) is 6.28. The summed E-state index contributed by atoms with van der Waals surface area (Å²) >= 11 is 0. The fourth-order valence-electron chi connectivity index (χ4n) is 4.92. The van der Waals surface area contributed by atoms with Gasteiger partial charge in [0.2, 0.25) is 5.88 Å². The Hall–Kier alpha value is -5.78. The molecule has 1 aliphatic rings. The molecule has 1 amide bonds. The van der Waals surface area contributed by atoms with Crippen LogP contribution in [0.5, 0.6) is 11.9 Å². The number of rotatable bonds is 9. The van der Waals surface area contributed by atoms with Crippen LogP contribution in [-0.2, 0) is 11.3 Å². The molecule has 1 N–H and O–H groups in total. The fraction of sp³-hybridized carbons (Fsp3) is 0.188. The van der Waals surface area contributed by atoms with Crippen LogP contribution in [0, 0.1) is 6.92 Å². The van der Waals surface area contributed by atoms with Crippen LogP contribution >= 0.6 is 0 Å². The van der Waals surface area contributed by atoms with Gasteiger partial charge in [0.1, 0.15) is 0 Å². The highest BCUT2D eigenvalue weighted by Crippen LogP contribution is 2.41. The van der Waals surface area contributed by atoms with Crippen LogP contribution in [0.25, 0.3) is 0 Å². The number of nitrogens with zero attached hydrogens (tertiary/aromatic N) is 8. The lowest BCUT2D eigenvalue weighted by molar-refractivity contribution is -0.117. The van der Waals surface area contributed by atoms with Crippen molar-refractivity contribution in [3.05, 3.63) is 124 Å². The molecule has 0 saturated carbocycles. The number of pyridine rings is 1. The van der Waals surface area contributed by atoms with E-state index in [9.17, 15) is 14.7 Å². The van der Waals surface area contributed by atoms with E-state index in [4.69, 9.17) is 4.74 Å². The van der Waals surface area contributed by atoms with Gasteiger partial charge in [0, 0.05) is 17.8 Å². The van der Waals surface area contributed by atoms with E-state index in [1.807, 2.05) is 42.5 Å². The minimum atomic E-state index is -1.03. The Morgan fingerprint density at radius 3 is 2.39 bits per heavy atom. The zero-order valence-corrected chi connectivity index (χ0v) is 24.2. The predicted octanol–water partition coefficient (Wildman–Crippen LogP) is 4.91. The Kier molecular flexibility index (Phi) is 7.63. The third-order valence-corrected chi connectivity index (χ3v) is 7.27. The number of ketones is 1. The van der Waals surface area contributed by atoms with Crippen molar-refractivity contribution in [2.75, 3.05) is 4.90 Å². The molecule has 220 valence electrons. The first-order chi connectivity index (χ1) is 21.3. The summed E-state index contributed by atoms with van der Waals surface area (Å²) in [7, 11) is 0. The number of aliphatic hydroxyl groups is 1. The highest BCUT2D eigenvalue weighted by Gasteiger charge is 2.45. The van der Waals surface area contributed by atoms with Crippen molar-refractivity contribution >= 4 is 17.5 Å². The van der Waals surface area contributed by atoms with E-state index in [2.05, 4.69) is 44.6 Å². The standard InChI is InChI=1S/C32H28N8O4/c1-19(2)22-10-12-23(13-11-22)29(41)27-28(40(31(43)30(27)42)25-15-9-20(3)34-35-25)24-14-16-26(33-17-24)44-32-36-37-38-39(32)18-21-7-5-4-6-8-21/h4-17,19,28,42H,18H2,1-3H3. The van der Waals surface area contributed by atoms with Crippen LogP contribution in [0.1, 0.15) is 58.5 Å². The van der Waals surface area contributed by atoms with E-state index < -0.39 is 23.5 Å². The second kappa shape index (κ2) is 11.8. The van der Waals surface area contributed by atoms with Gasteiger partial charge in [0.25, 0.3) is 5.91 Å². The number of tetrazole rings is 1. The summed E-state index contributed by atoms with van der Waals surface area (Å²) in [5, 5.41) is 31.0. The Morgan fingerprint density at radius 1 is 0.955 bits per heavy atom. The van der Waals surface area contributed by atoms with Crippen molar-refractivity contribution in [2.45, 2.75) is 39.3 Å². The molecule has 0 fully saturated rings. The number of aryl methyl sites for hydroxylation is 1. The van der Waals surface area contributed by atoms with Gasteiger partial charge in [0.15, 0.2) is 17.4 Å². The smallest absolute Gasteiger partial charge is 0.342 e. The zero-order valence-electron chi connectivity index (χ0n) is 24.2. The number of Topliss-reactive ketones (excluding diaryl/α,β-unsaturated/α-hetero) is 1. The normalized spacial score (nSPS) is 14.9. The first-order valence-electron chi connectivity index (χ1n) is 14.0. The molecule has 0 bridgehead atoms. The molecule has 1 atom stereocenters. The maximum Gasteiger partial charge on any atom is 0.342 e.